The average molecular weight is 315 g/mol. The Morgan fingerprint density at radius 1 is 1.29 bits per heavy atom. The van der Waals surface area contributed by atoms with Crippen LogP contribution in [0.4, 0.5) is 5.69 Å². The second-order valence-corrected chi connectivity index (χ2v) is 6.59. The van der Waals surface area contributed by atoms with Crippen molar-refractivity contribution in [1.29, 1.82) is 0 Å². The average Bonchev–Trinajstić information content (AvgIpc) is 2.36. The Morgan fingerprint density at radius 2 is 1.86 bits per heavy atom. The van der Waals surface area contributed by atoms with Crippen molar-refractivity contribution in [3.05, 3.63) is 33.9 Å². The van der Waals surface area contributed by atoms with Crippen LogP contribution in [0.15, 0.2) is 23.1 Å². The molecule has 116 valence electrons. The molecule has 0 aliphatic heterocycles. The number of nitrogens with zero attached hydrogens (tertiary/aromatic N) is 1. The van der Waals surface area contributed by atoms with Gasteiger partial charge in [-0.3, -0.25) is 14.9 Å². The molecule has 21 heavy (non-hydrogen) atoms. The van der Waals surface area contributed by atoms with Crippen LogP contribution in [0, 0.1) is 16.0 Å². The highest BCUT2D eigenvalue weighted by molar-refractivity contribution is 7.89. The van der Waals surface area contributed by atoms with Gasteiger partial charge in [0.1, 0.15) is 0 Å². The lowest BCUT2D eigenvalue weighted by molar-refractivity contribution is -0.385. The van der Waals surface area contributed by atoms with E-state index in [1.54, 1.807) is 6.92 Å². The van der Waals surface area contributed by atoms with Crippen LogP contribution in [0.2, 0.25) is 0 Å². The first-order valence-electron chi connectivity index (χ1n) is 6.15. The number of hydrogen-bond acceptors (Lipinski definition) is 5. The van der Waals surface area contributed by atoms with Crippen LogP contribution in [0.3, 0.4) is 0 Å². The number of nitrogens with one attached hydrogen (secondary N) is 1. The maximum atomic E-state index is 12.0. The van der Waals surface area contributed by atoms with E-state index in [2.05, 4.69) is 5.32 Å². The van der Waals surface area contributed by atoms with Gasteiger partial charge in [0.15, 0.2) is 0 Å². The van der Waals surface area contributed by atoms with E-state index in [1.165, 1.54) is 0 Å². The van der Waals surface area contributed by atoms with Crippen LogP contribution in [0.1, 0.15) is 31.1 Å². The van der Waals surface area contributed by atoms with E-state index in [-0.39, 0.29) is 17.5 Å². The fraction of sp³-hybridized carbons (Fsp3) is 0.417. The molecular formula is C12H17N3O5S. The Labute approximate surface area is 122 Å². The summed E-state index contributed by atoms with van der Waals surface area (Å²) >= 11 is 0. The molecule has 0 saturated heterocycles. The topological polar surface area (TPSA) is 132 Å². The molecule has 1 aromatic rings. The summed E-state index contributed by atoms with van der Waals surface area (Å²) in [5.41, 5.74) is -0.635. The highest BCUT2D eigenvalue weighted by Gasteiger charge is 2.20. The molecule has 0 aliphatic rings. The van der Waals surface area contributed by atoms with Gasteiger partial charge in [0.05, 0.1) is 9.82 Å². The van der Waals surface area contributed by atoms with Gasteiger partial charge in [-0.05, 0) is 18.9 Å². The number of amides is 1. The third-order valence-corrected chi connectivity index (χ3v) is 3.94. The number of primary sulfonamides is 1. The van der Waals surface area contributed by atoms with Gasteiger partial charge in [-0.25, -0.2) is 13.6 Å². The zero-order valence-corrected chi connectivity index (χ0v) is 12.7. The first kappa shape index (κ1) is 17.1. The lowest BCUT2D eigenvalue weighted by atomic mass is 10.1. The van der Waals surface area contributed by atoms with E-state index in [9.17, 15) is 23.3 Å². The SMILES string of the molecule is CC(C)C(C)NC(=O)c1cc([N+](=O)[O-])cc(S(N)(=O)=O)c1. The van der Waals surface area contributed by atoms with Gasteiger partial charge in [-0.1, -0.05) is 13.8 Å². The molecule has 1 unspecified atom stereocenters. The third-order valence-electron chi connectivity index (χ3n) is 3.05. The molecule has 3 N–H and O–H groups in total. The van der Waals surface area contributed by atoms with E-state index in [0.29, 0.717) is 0 Å². The predicted molar refractivity (Wildman–Crippen MR) is 76.2 cm³/mol. The monoisotopic (exact) mass is 315 g/mol. The number of carbonyl (C=O) groups is 1. The first-order chi connectivity index (χ1) is 9.52. The zero-order valence-electron chi connectivity index (χ0n) is 11.9. The van der Waals surface area contributed by atoms with Gasteiger partial charge >= 0.3 is 0 Å². The van der Waals surface area contributed by atoms with E-state index >= 15 is 0 Å². The fourth-order valence-electron chi connectivity index (χ4n) is 1.44. The molecule has 0 heterocycles. The minimum Gasteiger partial charge on any atom is -0.349 e. The normalized spacial score (nSPS) is 13.0. The van der Waals surface area contributed by atoms with Crippen molar-refractivity contribution in [3.63, 3.8) is 0 Å². The van der Waals surface area contributed by atoms with Gasteiger partial charge in [-0.15, -0.1) is 0 Å². The summed E-state index contributed by atoms with van der Waals surface area (Å²) in [6.07, 6.45) is 0. The molecule has 8 nitrogen and oxygen atoms in total. The van der Waals surface area contributed by atoms with Crippen molar-refractivity contribution >= 4 is 21.6 Å². The largest absolute Gasteiger partial charge is 0.349 e. The minimum atomic E-state index is -4.14. The quantitative estimate of drug-likeness (QED) is 0.618. The molecule has 1 rings (SSSR count). The van der Waals surface area contributed by atoms with Gasteiger partial charge in [-0.2, -0.15) is 0 Å². The summed E-state index contributed by atoms with van der Waals surface area (Å²) in [5, 5.41) is 18.4. The fourth-order valence-corrected chi connectivity index (χ4v) is 2.02. The van der Waals surface area contributed by atoms with Gasteiger partial charge in [0, 0.05) is 23.7 Å². The summed E-state index contributed by atoms with van der Waals surface area (Å²) in [5.74, 6) is -0.435. The Hall–Kier alpha value is -2.00. The molecular weight excluding hydrogens is 298 g/mol. The van der Waals surface area contributed by atoms with Gasteiger partial charge < -0.3 is 5.32 Å². The number of nitrogens with two attached hydrogens (primary N) is 1. The van der Waals surface area contributed by atoms with Crippen molar-refractivity contribution in [2.45, 2.75) is 31.7 Å². The Balaban J connectivity index is 3.26. The van der Waals surface area contributed by atoms with Crippen molar-refractivity contribution in [2.75, 3.05) is 0 Å². The summed E-state index contributed by atoms with van der Waals surface area (Å²) in [4.78, 5) is 21.6. The Kier molecular flexibility index (Phi) is 5.02. The van der Waals surface area contributed by atoms with Crippen LogP contribution in [-0.2, 0) is 10.0 Å². The Bertz CT molecular complexity index is 669. The van der Waals surface area contributed by atoms with Crippen LogP contribution < -0.4 is 10.5 Å². The van der Waals surface area contributed by atoms with Crippen molar-refractivity contribution < 1.29 is 18.1 Å². The highest BCUT2D eigenvalue weighted by Crippen LogP contribution is 2.20. The number of benzene rings is 1. The predicted octanol–water partition coefficient (Wildman–Crippen LogP) is 1.02. The van der Waals surface area contributed by atoms with E-state index in [0.717, 1.165) is 18.2 Å². The standard InChI is InChI=1S/C12H17N3O5S/c1-7(2)8(3)14-12(16)9-4-10(15(17)18)6-11(5-9)21(13,19)20/h4-8H,1-3H3,(H,14,16)(H2,13,19,20). The second kappa shape index (κ2) is 6.19. The summed E-state index contributed by atoms with van der Waals surface area (Å²) < 4.78 is 22.7. The summed E-state index contributed by atoms with van der Waals surface area (Å²) in [6, 6.07) is 2.68. The molecule has 1 aromatic carbocycles. The van der Waals surface area contributed by atoms with Crippen molar-refractivity contribution in [2.24, 2.45) is 11.1 Å². The molecule has 0 radical (unpaired) electrons. The van der Waals surface area contributed by atoms with Gasteiger partial charge in [0.2, 0.25) is 10.0 Å². The molecule has 0 aromatic heterocycles. The molecule has 0 fully saturated rings. The Morgan fingerprint density at radius 3 is 2.29 bits per heavy atom. The van der Waals surface area contributed by atoms with E-state index in [4.69, 9.17) is 5.14 Å². The molecule has 0 saturated carbocycles. The molecule has 9 heteroatoms. The number of hydrogen-bond donors (Lipinski definition) is 2. The number of carbonyl (C=O) groups excluding carboxylic acids is 1. The number of non-ortho nitro benzene ring substituents is 1. The number of sulfonamides is 1. The van der Waals surface area contributed by atoms with Gasteiger partial charge in [0.25, 0.3) is 11.6 Å². The molecule has 0 spiro atoms. The molecule has 0 aliphatic carbocycles. The summed E-state index contributed by atoms with van der Waals surface area (Å²) in [6.45, 7) is 5.57. The zero-order chi connectivity index (χ0) is 16.4. The van der Waals surface area contributed by atoms with Crippen molar-refractivity contribution in [1.82, 2.24) is 5.32 Å². The maximum absolute atomic E-state index is 12.0. The van der Waals surface area contributed by atoms with Crippen LogP contribution in [-0.4, -0.2) is 25.3 Å². The van der Waals surface area contributed by atoms with E-state index in [1.807, 2.05) is 13.8 Å². The number of nitro benzene ring substituents is 1. The first-order valence-corrected chi connectivity index (χ1v) is 7.70. The van der Waals surface area contributed by atoms with Crippen molar-refractivity contribution in [3.8, 4) is 0 Å². The minimum absolute atomic E-state index is 0.124. The number of nitro groups is 1. The van der Waals surface area contributed by atoms with Crippen LogP contribution in [0.25, 0.3) is 0 Å². The smallest absolute Gasteiger partial charge is 0.271 e. The van der Waals surface area contributed by atoms with E-state index < -0.39 is 31.4 Å². The lowest BCUT2D eigenvalue weighted by Gasteiger charge is -2.17. The molecule has 1 atom stereocenters. The van der Waals surface area contributed by atoms with Crippen LogP contribution >= 0.6 is 0 Å². The summed E-state index contributed by atoms with van der Waals surface area (Å²) in [7, 11) is -4.14. The molecule has 1 amide bonds. The number of rotatable bonds is 5. The maximum Gasteiger partial charge on any atom is 0.271 e. The molecule has 0 bridgehead atoms. The lowest BCUT2D eigenvalue weighted by Crippen LogP contribution is -2.36. The third kappa shape index (κ3) is 4.50. The second-order valence-electron chi connectivity index (χ2n) is 5.02. The highest BCUT2D eigenvalue weighted by atomic mass is 32.2. The van der Waals surface area contributed by atoms with Crippen LogP contribution in [0.5, 0.6) is 0 Å².